The maximum absolute atomic E-state index is 12.0. The average molecular weight is 367 g/mol. The number of Topliss-reactive ketones (excluding diaryl/α,β-unsaturated/α-hetero) is 1. The summed E-state index contributed by atoms with van der Waals surface area (Å²) < 4.78 is 20.0. The smallest absolute Gasteiger partial charge is 0.408 e. The number of nitrogens with one attached hydrogen (secondary N) is 1. The van der Waals surface area contributed by atoms with E-state index in [1.165, 1.54) is 7.11 Å². The van der Waals surface area contributed by atoms with Crippen molar-refractivity contribution < 1.29 is 33.3 Å². The molecule has 26 heavy (non-hydrogen) atoms. The average Bonchev–Trinajstić information content (AvgIpc) is 2.57. The minimum absolute atomic E-state index is 0.163. The number of carbonyl (C=O) groups excluding carboxylic acids is 3. The van der Waals surface area contributed by atoms with Gasteiger partial charge in [-0.15, -0.1) is 0 Å². The Morgan fingerprint density at radius 3 is 2.27 bits per heavy atom. The Morgan fingerprint density at radius 1 is 1.04 bits per heavy atom. The fourth-order valence-electron chi connectivity index (χ4n) is 1.73. The van der Waals surface area contributed by atoms with Crippen molar-refractivity contribution in [2.75, 3.05) is 33.5 Å². The van der Waals surface area contributed by atoms with E-state index in [1.807, 2.05) is 0 Å². The van der Waals surface area contributed by atoms with Crippen molar-refractivity contribution in [1.82, 2.24) is 5.32 Å². The first-order chi connectivity index (χ1) is 12.2. The predicted molar refractivity (Wildman–Crippen MR) is 93.3 cm³/mol. The zero-order valence-electron chi connectivity index (χ0n) is 15.5. The number of carbonyl (C=O) groups is 3. The summed E-state index contributed by atoms with van der Waals surface area (Å²) in [6.07, 6.45) is -0.655. The van der Waals surface area contributed by atoms with Crippen molar-refractivity contribution in [3.63, 3.8) is 0 Å². The van der Waals surface area contributed by atoms with Crippen LogP contribution in [0.5, 0.6) is 5.75 Å². The zero-order chi connectivity index (χ0) is 19.6. The second kappa shape index (κ2) is 10.4. The number of methoxy groups -OCH3 is 1. The van der Waals surface area contributed by atoms with E-state index in [4.69, 9.17) is 18.9 Å². The molecule has 1 rings (SSSR count). The van der Waals surface area contributed by atoms with Gasteiger partial charge in [0.15, 0.2) is 12.4 Å². The molecule has 0 spiro atoms. The highest BCUT2D eigenvalue weighted by atomic mass is 16.6. The highest BCUT2D eigenvalue weighted by molar-refractivity contribution is 5.99. The summed E-state index contributed by atoms with van der Waals surface area (Å²) in [5.74, 6) is -0.365. The van der Waals surface area contributed by atoms with Gasteiger partial charge in [0.25, 0.3) is 0 Å². The Balaban J connectivity index is 2.40. The maximum atomic E-state index is 12.0. The Kier molecular flexibility index (Phi) is 8.57. The first kappa shape index (κ1) is 21.4. The highest BCUT2D eigenvalue weighted by Gasteiger charge is 2.17. The number of benzene rings is 1. The van der Waals surface area contributed by atoms with Gasteiger partial charge in [0, 0.05) is 12.7 Å². The molecule has 0 aliphatic heterocycles. The van der Waals surface area contributed by atoms with Crippen LogP contribution in [0, 0.1) is 0 Å². The quantitative estimate of drug-likeness (QED) is 0.404. The summed E-state index contributed by atoms with van der Waals surface area (Å²) in [6, 6.07) is 6.21. The van der Waals surface area contributed by atoms with Gasteiger partial charge in [0.2, 0.25) is 0 Å². The molecule has 0 aliphatic rings. The molecule has 1 amide bonds. The van der Waals surface area contributed by atoms with Crippen molar-refractivity contribution in [2.24, 2.45) is 0 Å². The minimum Gasteiger partial charge on any atom is -0.482 e. The molecule has 0 unspecified atom stereocenters. The minimum atomic E-state index is -0.655. The van der Waals surface area contributed by atoms with E-state index in [9.17, 15) is 14.4 Å². The van der Waals surface area contributed by atoms with Crippen LogP contribution in [-0.2, 0) is 19.0 Å². The van der Waals surface area contributed by atoms with E-state index in [0.29, 0.717) is 17.9 Å². The fraction of sp³-hybridized carbons (Fsp3) is 0.500. The normalized spacial score (nSPS) is 10.8. The number of alkyl carbamates (subject to hydrolysis) is 1. The number of ketones is 1. The molecule has 0 fully saturated rings. The molecule has 0 aliphatic carbocycles. The molecule has 0 radical (unpaired) electrons. The molecular formula is C18H25NO7. The van der Waals surface area contributed by atoms with E-state index >= 15 is 0 Å². The molecule has 0 aromatic heterocycles. The van der Waals surface area contributed by atoms with Crippen LogP contribution in [0.3, 0.4) is 0 Å². The number of rotatable bonds is 9. The first-order valence-corrected chi connectivity index (χ1v) is 8.09. The Bertz CT molecular complexity index is 605. The lowest BCUT2D eigenvalue weighted by Crippen LogP contribution is -2.35. The number of ether oxygens (including phenoxy) is 4. The number of amides is 1. The SMILES string of the molecule is COCCOC(=O)COc1ccc(C(=O)CNC(=O)OC(C)(C)C)cc1. The summed E-state index contributed by atoms with van der Waals surface area (Å²) in [7, 11) is 1.51. The summed E-state index contributed by atoms with van der Waals surface area (Å²) in [5.41, 5.74) is -0.229. The fourth-order valence-corrected chi connectivity index (χ4v) is 1.73. The molecule has 0 heterocycles. The van der Waals surface area contributed by atoms with Crippen molar-refractivity contribution in [3.05, 3.63) is 29.8 Å². The van der Waals surface area contributed by atoms with E-state index in [2.05, 4.69) is 5.32 Å². The van der Waals surface area contributed by atoms with Gasteiger partial charge < -0.3 is 24.3 Å². The topological polar surface area (TPSA) is 100 Å². The standard InChI is InChI=1S/C18H25NO7/c1-18(2,3)26-17(22)19-11-15(20)13-5-7-14(8-6-13)25-12-16(21)24-10-9-23-4/h5-8H,9-12H2,1-4H3,(H,19,22). The van der Waals surface area contributed by atoms with E-state index < -0.39 is 17.7 Å². The third-order valence-corrected chi connectivity index (χ3v) is 2.88. The Hall–Kier alpha value is -2.61. The molecule has 1 N–H and O–H groups in total. The maximum Gasteiger partial charge on any atom is 0.408 e. The van der Waals surface area contributed by atoms with Gasteiger partial charge in [-0.25, -0.2) is 9.59 Å². The molecule has 0 atom stereocenters. The lowest BCUT2D eigenvalue weighted by Gasteiger charge is -2.19. The van der Waals surface area contributed by atoms with Gasteiger partial charge in [-0.3, -0.25) is 4.79 Å². The highest BCUT2D eigenvalue weighted by Crippen LogP contribution is 2.13. The van der Waals surface area contributed by atoms with E-state index in [0.717, 1.165) is 0 Å². The molecular weight excluding hydrogens is 342 g/mol. The van der Waals surface area contributed by atoms with Gasteiger partial charge in [-0.1, -0.05) is 0 Å². The van der Waals surface area contributed by atoms with Gasteiger partial charge in [-0.2, -0.15) is 0 Å². The molecule has 1 aromatic carbocycles. The van der Waals surface area contributed by atoms with Crippen molar-refractivity contribution in [1.29, 1.82) is 0 Å². The lowest BCUT2D eigenvalue weighted by molar-refractivity contribution is -0.147. The molecule has 8 nitrogen and oxygen atoms in total. The molecule has 1 aromatic rings. The predicted octanol–water partition coefficient (Wildman–Crippen LogP) is 1.96. The van der Waals surface area contributed by atoms with Crippen LogP contribution in [-0.4, -0.2) is 56.9 Å². The molecule has 0 saturated carbocycles. The molecule has 0 saturated heterocycles. The van der Waals surface area contributed by atoms with E-state index in [-0.39, 0.29) is 25.5 Å². The van der Waals surface area contributed by atoms with Gasteiger partial charge in [0.1, 0.15) is 18.0 Å². The summed E-state index contributed by atoms with van der Waals surface area (Å²) in [5, 5.41) is 2.40. The van der Waals surface area contributed by atoms with Gasteiger partial charge in [0.05, 0.1) is 13.2 Å². The third kappa shape index (κ3) is 9.03. The lowest BCUT2D eigenvalue weighted by atomic mass is 10.1. The number of hydrogen-bond acceptors (Lipinski definition) is 7. The van der Waals surface area contributed by atoms with Crippen LogP contribution in [0.25, 0.3) is 0 Å². The van der Waals surface area contributed by atoms with Crippen LogP contribution >= 0.6 is 0 Å². The monoisotopic (exact) mass is 367 g/mol. The van der Waals surface area contributed by atoms with Crippen molar-refractivity contribution >= 4 is 17.8 Å². The Morgan fingerprint density at radius 2 is 1.69 bits per heavy atom. The van der Waals surface area contributed by atoms with Crippen LogP contribution in [0.15, 0.2) is 24.3 Å². The van der Waals surface area contributed by atoms with Crippen molar-refractivity contribution in [2.45, 2.75) is 26.4 Å². The summed E-state index contributed by atoms with van der Waals surface area (Å²) >= 11 is 0. The molecule has 0 bridgehead atoms. The van der Waals surface area contributed by atoms with Crippen LogP contribution < -0.4 is 10.1 Å². The third-order valence-electron chi connectivity index (χ3n) is 2.88. The van der Waals surface area contributed by atoms with Crippen LogP contribution in [0.1, 0.15) is 31.1 Å². The number of esters is 1. The summed E-state index contributed by atoms with van der Waals surface area (Å²) in [4.78, 5) is 35.0. The molecule has 8 heteroatoms. The number of hydrogen-bond donors (Lipinski definition) is 1. The van der Waals surface area contributed by atoms with Gasteiger partial charge >= 0.3 is 12.1 Å². The Labute approximate surface area is 152 Å². The second-order valence-electron chi connectivity index (χ2n) is 6.30. The second-order valence-corrected chi connectivity index (χ2v) is 6.30. The van der Waals surface area contributed by atoms with Crippen molar-refractivity contribution in [3.8, 4) is 5.75 Å². The molecule has 144 valence electrons. The van der Waals surface area contributed by atoms with E-state index in [1.54, 1.807) is 45.0 Å². The first-order valence-electron chi connectivity index (χ1n) is 8.09. The van der Waals surface area contributed by atoms with Crippen LogP contribution in [0.2, 0.25) is 0 Å². The largest absolute Gasteiger partial charge is 0.482 e. The summed E-state index contributed by atoms with van der Waals surface area (Å²) in [6.45, 7) is 5.27. The zero-order valence-corrected chi connectivity index (χ0v) is 15.5. The van der Waals surface area contributed by atoms with Gasteiger partial charge in [-0.05, 0) is 45.0 Å². The van der Waals surface area contributed by atoms with Crippen LogP contribution in [0.4, 0.5) is 4.79 Å².